The zero-order valence-corrected chi connectivity index (χ0v) is 8.53. The van der Waals surface area contributed by atoms with E-state index in [1.807, 2.05) is 13.8 Å². The van der Waals surface area contributed by atoms with Gasteiger partial charge in [0.05, 0.1) is 11.4 Å². The normalized spacial score (nSPS) is 10.6. The predicted molar refractivity (Wildman–Crippen MR) is 54.4 cm³/mol. The molecule has 0 fully saturated rings. The largest absolute Gasteiger partial charge is 0.477 e. The van der Waals surface area contributed by atoms with Crippen LogP contribution in [0.3, 0.4) is 0 Å². The second-order valence-corrected chi connectivity index (χ2v) is 3.56. The summed E-state index contributed by atoms with van der Waals surface area (Å²) < 4.78 is 0. The Labute approximate surface area is 82.8 Å². The van der Waals surface area contributed by atoms with Gasteiger partial charge in [-0.3, -0.25) is 0 Å². The maximum atomic E-state index is 10.9. The van der Waals surface area contributed by atoms with Gasteiger partial charge in [-0.05, 0) is 24.5 Å². The maximum Gasteiger partial charge on any atom is 0.354 e. The maximum absolute atomic E-state index is 10.9. The fourth-order valence-corrected chi connectivity index (χ4v) is 1.25. The van der Waals surface area contributed by atoms with Crippen LogP contribution in [0.15, 0.2) is 6.07 Å². The highest BCUT2D eigenvalue weighted by Gasteiger charge is 2.16. The summed E-state index contributed by atoms with van der Waals surface area (Å²) in [5, 5.41) is 8.93. The lowest BCUT2D eigenvalue weighted by Crippen LogP contribution is -2.10. The number of carboxylic acid groups (broad SMARTS) is 1. The van der Waals surface area contributed by atoms with Crippen LogP contribution in [0, 0.1) is 6.92 Å². The molecule has 0 aliphatic rings. The van der Waals surface area contributed by atoms with Crippen LogP contribution in [-0.4, -0.2) is 16.1 Å². The van der Waals surface area contributed by atoms with Crippen LogP contribution in [-0.2, 0) is 0 Å². The minimum atomic E-state index is -1.00. The number of hydrogen-bond donors (Lipinski definition) is 2. The molecule has 0 unspecified atom stereocenters. The van der Waals surface area contributed by atoms with Crippen molar-refractivity contribution >= 4 is 11.7 Å². The Morgan fingerprint density at radius 3 is 2.57 bits per heavy atom. The molecule has 1 rings (SSSR count). The summed E-state index contributed by atoms with van der Waals surface area (Å²) in [5.41, 5.74) is 7.56. The van der Waals surface area contributed by atoms with Gasteiger partial charge in [-0.2, -0.15) is 0 Å². The predicted octanol–water partition coefficient (Wildman–Crippen LogP) is 1.79. The van der Waals surface area contributed by atoms with Crippen molar-refractivity contribution in [1.82, 2.24) is 4.98 Å². The number of nitrogen functional groups attached to an aromatic ring is 1. The minimum Gasteiger partial charge on any atom is -0.477 e. The first-order valence-electron chi connectivity index (χ1n) is 4.43. The molecule has 0 amide bonds. The van der Waals surface area contributed by atoms with E-state index in [0.29, 0.717) is 16.9 Å². The molecule has 0 aliphatic heterocycles. The van der Waals surface area contributed by atoms with Gasteiger partial charge in [0.1, 0.15) is 0 Å². The third-order valence-electron chi connectivity index (χ3n) is 2.11. The molecule has 0 aliphatic carbocycles. The molecule has 0 aromatic carbocycles. The van der Waals surface area contributed by atoms with E-state index in [2.05, 4.69) is 4.98 Å². The van der Waals surface area contributed by atoms with Gasteiger partial charge in [0.15, 0.2) is 5.69 Å². The number of carbonyl (C=O) groups is 1. The lowest BCUT2D eigenvalue weighted by Gasteiger charge is -2.11. The highest BCUT2D eigenvalue weighted by molar-refractivity contribution is 5.88. The third kappa shape index (κ3) is 1.84. The molecule has 1 aromatic rings. The first kappa shape index (κ1) is 10.5. The number of hydrogen-bond acceptors (Lipinski definition) is 3. The fourth-order valence-electron chi connectivity index (χ4n) is 1.25. The lowest BCUT2D eigenvalue weighted by atomic mass is 10.00. The number of pyridine rings is 1. The lowest BCUT2D eigenvalue weighted by molar-refractivity contribution is 0.0688. The van der Waals surface area contributed by atoms with E-state index < -0.39 is 5.97 Å². The Kier molecular flexibility index (Phi) is 2.74. The van der Waals surface area contributed by atoms with Gasteiger partial charge in [0.2, 0.25) is 0 Å². The number of carboxylic acids is 1. The van der Waals surface area contributed by atoms with Crippen molar-refractivity contribution in [1.29, 1.82) is 0 Å². The molecule has 0 saturated carbocycles. The summed E-state index contributed by atoms with van der Waals surface area (Å²) in [6.07, 6.45) is 0. The monoisotopic (exact) mass is 194 g/mol. The molecule has 4 heteroatoms. The molecule has 1 aromatic heterocycles. The van der Waals surface area contributed by atoms with Gasteiger partial charge in [-0.25, -0.2) is 9.78 Å². The molecular weight excluding hydrogens is 180 g/mol. The van der Waals surface area contributed by atoms with Crippen molar-refractivity contribution < 1.29 is 9.90 Å². The van der Waals surface area contributed by atoms with Crippen molar-refractivity contribution in [2.45, 2.75) is 26.7 Å². The first-order valence-corrected chi connectivity index (χ1v) is 4.43. The van der Waals surface area contributed by atoms with E-state index in [0.717, 1.165) is 0 Å². The van der Waals surface area contributed by atoms with E-state index >= 15 is 0 Å². The van der Waals surface area contributed by atoms with E-state index in [-0.39, 0.29) is 11.6 Å². The summed E-state index contributed by atoms with van der Waals surface area (Å²) >= 11 is 0. The van der Waals surface area contributed by atoms with E-state index in [9.17, 15) is 4.79 Å². The summed E-state index contributed by atoms with van der Waals surface area (Å²) in [7, 11) is 0. The Hall–Kier alpha value is -1.58. The van der Waals surface area contributed by atoms with Crippen molar-refractivity contribution in [3.63, 3.8) is 0 Å². The highest BCUT2D eigenvalue weighted by atomic mass is 16.4. The van der Waals surface area contributed by atoms with Crippen LogP contribution in [0.4, 0.5) is 5.69 Å². The number of rotatable bonds is 2. The highest BCUT2D eigenvalue weighted by Crippen LogP contribution is 2.22. The van der Waals surface area contributed by atoms with Crippen LogP contribution >= 0.6 is 0 Å². The average Bonchev–Trinajstić information content (AvgIpc) is 2.08. The van der Waals surface area contributed by atoms with Crippen LogP contribution in [0.1, 0.15) is 41.5 Å². The first-order chi connectivity index (χ1) is 6.43. The number of nitrogens with zero attached hydrogens (tertiary/aromatic N) is 1. The molecule has 0 spiro atoms. The molecule has 0 saturated heterocycles. The number of aryl methyl sites for hydroxylation is 1. The second-order valence-electron chi connectivity index (χ2n) is 3.56. The van der Waals surface area contributed by atoms with Crippen molar-refractivity contribution in [2.24, 2.45) is 0 Å². The Morgan fingerprint density at radius 1 is 1.57 bits per heavy atom. The number of nitrogens with two attached hydrogens (primary N) is 1. The quantitative estimate of drug-likeness (QED) is 0.752. The Morgan fingerprint density at radius 2 is 2.14 bits per heavy atom. The van der Waals surface area contributed by atoms with Gasteiger partial charge in [0, 0.05) is 0 Å². The molecule has 4 nitrogen and oxygen atoms in total. The van der Waals surface area contributed by atoms with Gasteiger partial charge in [-0.15, -0.1) is 0 Å². The molecular formula is C10H14N2O2. The summed E-state index contributed by atoms with van der Waals surface area (Å²) in [6, 6.07) is 1.69. The zero-order valence-electron chi connectivity index (χ0n) is 8.53. The van der Waals surface area contributed by atoms with E-state index in [1.165, 1.54) is 0 Å². The topological polar surface area (TPSA) is 76.2 Å². The Balaban J connectivity index is 3.39. The molecule has 14 heavy (non-hydrogen) atoms. The standard InChI is InChI=1S/C10H14N2O2/c1-5(2)7-4-8(11)6(3)12-9(7)10(13)14/h4-5H,11H2,1-3H3,(H,13,14). The zero-order chi connectivity index (χ0) is 10.9. The fraction of sp³-hybridized carbons (Fsp3) is 0.400. The smallest absolute Gasteiger partial charge is 0.354 e. The van der Waals surface area contributed by atoms with Crippen molar-refractivity contribution in [3.05, 3.63) is 23.0 Å². The number of aromatic nitrogens is 1. The van der Waals surface area contributed by atoms with Crippen molar-refractivity contribution in [2.75, 3.05) is 5.73 Å². The average molecular weight is 194 g/mol. The summed E-state index contributed by atoms with van der Waals surface area (Å²) in [6.45, 7) is 5.53. The molecule has 0 radical (unpaired) electrons. The van der Waals surface area contributed by atoms with Gasteiger partial charge in [0.25, 0.3) is 0 Å². The number of anilines is 1. The van der Waals surface area contributed by atoms with Crippen LogP contribution in [0.5, 0.6) is 0 Å². The van der Waals surface area contributed by atoms with Gasteiger partial charge < -0.3 is 10.8 Å². The van der Waals surface area contributed by atoms with Crippen LogP contribution < -0.4 is 5.73 Å². The van der Waals surface area contributed by atoms with E-state index in [1.54, 1.807) is 13.0 Å². The summed E-state index contributed by atoms with van der Waals surface area (Å²) in [5.74, 6) is -0.895. The van der Waals surface area contributed by atoms with Crippen LogP contribution in [0.2, 0.25) is 0 Å². The number of aromatic carboxylic acids is 1. The van der Waals surface area contributed by atoms with Gasteiger partial charge >= 0.3 is 5.97 Å². The molecule has 0 bridgehead atoms. The van der Waals surface area contributed by atoms with Crippen molar-refractivity contribution in [3.8, 4) is 0 Å². The molecule has 76 valence electrons. The minimum absolute atomic E-state index is 0.103. The van der Waals surface area contributed by atoms with Crippen LogP contribution in [0.25, 0.3) is 0 Å². The van der Waals surface area contributed by atoms with E-state index in [4.69, 9.17) is 10.8 Å². The third-order valence-corrected chi connectivity index (χ3v) is 2.11. The SMILES string of the molecule is Cc1nc(C(=O)O)c(C(C)C)cc1N. The molecule has 3 N–H and O–H groups in total. The second kappa shape index (κ2) is 3.65. The summed E-state index contributed by atoms with van der Waals surface area (Å²) in [4.78, 5) is 14.9. The van der Waals surface area contributed by atoms with Gasteiger partial charge in [-0.1, -0.05) is 13.8 Å². The molecule has 0 atom stereocenters. The molecule has 1 heterocycles. The Bertz CT molecular complexity index is 373.